The van der Waals surface area contributed by atoms with Gasteiger partial charge in [0.1, 0.15) is 0 Å². The third-order valence-electron chi connectivity index (χ3n) is 7.69. The Morgan fingerprint density at radius 1 is 0.488 bits per heavy atom. The second-order valence-corrected chi connectivity index (χ2v) is 12.8. The third kappa shape index (κ3) is 5.79. The Kier molecular flexibility index (Phi) is 8.17. The molecule has 7 rings (SSSR count). The van der Waals surface area contributed by atoms with Gasteiger partial charge >= 0.3 is 0 Å². The fourth-order valence-electron chi connectivity index (χ4n) is 5.69. The van der Waals surface area contributed by atoms with Crippen molar-refractivity contribution >= 4 is 46.2 Å². The van der Waals surface area contributed by atoms with Crippen LogP contribution in [0.4, 0.5) is 17.1 Å². The lowest BCUT2D eigenvalue weighted by Crippen LogP contribution is -2.18. The van der Waals surface area contributed by atoms with Gasteiger partial charge in [0.15, 0.2) is 0 Å². The van der Waals surface area contributed by atoms with Crippen LogP contribution in [0.5, 0.6) is 0 Å². The zero-order chi connectivity index (χ0) is 28.8. The second-order valence-electron chi connectivity index (χ2n) is 10.5. The first-order valence-electron chi connectivity index (χ1n) is 14.6. The minimum atomic E-state index is 0.152. The van der Waals surface area contributed by atoms with Gasteiger partial charge in [-0.05, 0) is 41.0 Å². The second kappa shape index (κ2) is 12.8. The smallest absolute Gasteiger partial charge is 0.0599 e. The number of hydrogen-bond acceptors (Lipinski definition) is 3. The van der Waals surface area contributed by atoms with E-state index in [9.17, 15) is 0 Å². The van der Waals surface area contributed by atoms with Gasteiger partial charge in [-0.2, -0.15) is 0 Å². The van der Waals surface area contributed by atoms with Crippen molar-refractivity contribution in [3.63, 3.8) is 0 Å². The van der Waals surface area contributed by atoms with E-state index in [-0.39, 0.29) is 5.25 Å². The average Bonchev–Trinajstić information content (AvgIpc) is 3.09. The van der Waals surface area contributed by atoms with Crippen LogP contribution in [0.2, 0.25) is 0 Å². The minimum absolute atomic E-state index is 0.152. The monoisotopic (exact) mass is 589 g/mol. The van der Waals surface area contributed by atoms with Crippen LogP contribution in [0.1, 0.15) is 33.1 Å². The summed E-state index contributed by atoms with van der Waals surface area (Å²) in [6.07, 6.45) is 0. The fourth-order valence-corrected chi connectivity index (χ4v) is 8.42. The molecular weight excluding hydrogens is 559 g/mol. The summed E-state index contributed by atoms with van der Waals surface area (Å²) in [5, 5.41) is 0.152. The van der Waals surface area contributed by atoms with Crippen LogP contribution in [-0.4, -0.2) is 0 Å². The maximum absolute atomic E-state index is 2.41. The molecule has 0 N–H and O–H groups in total. The fraction of sp³-hybridized carbons (Fsp3) is 0.0500. The zero-order valence-electron chi connectivity index (χ0n) is 23.7. The molecule has 3 heteroatoms. The van der Waals surface area contributed by atoms with Gasteiger partial charge in [0, 0.05) is 32.4 Å². The van der Waals surface area contributed by atoms with E-state index < -0.39 is 0 Å². The van der Waals surface area contributed by atoms with Gasteiger partial charge in [-0.25, -0.2) is 0 Å². The van der Waals surface area contributed by atoms with Crippen molar-refractivity contribution in [1.29, 1.82) is 0 Å². The predicted octanol–water partition coefficient (Wildman–Crippen LogP) is 11.6. The van der Waals surface area contributed by atoms with Crippen molar-refractivity contribution in [2.24, 2.45) is 0 Å². The lowest BCUT2D eigenvalue weighted by Gasteiger charge is -2.36. The molecule has 208 valence electrons. The summed E-state index contributed by atoms with van der Waals surface area (Å²) in [6, 6.07) is 61.1. The number of fused-ring (bicyclic) bond motifs is 2. The number of anilines is 3. The van der Waals surface area contributed by atoms with Crippen LogP contribution in [-0.2, 0) is 5.75 Å². The first-order valence-corrected chi connectivity index (χ1v) is 16.4. The van der Waals surface area contributed by atoms with Gasteiger partial charge in [0.2, 0.25) is 0 Å². The quantitative estimate of drug-likeness (QED) is 0.174. The topological polar surface area (TPSA) is 3.24 Å². The Bertz CT molecular complexity index is 1750. The number of rotatable bonds is 8. The van der Waals surface area contributed by atoms with Crippen molar-refractivity contribution in [3.05, 3.63) is 202 Å². The molecule has 1 heterocycles. The summed E-state index contributed by atoms with van der Waals surface area (Å²) in [4.78, 5) is 2.41. The number of thioether (sulfide) groups is 2. The highest BCUT2D eigenvalue weighted by molar-refractivity contribution is 8.22. The van der Waals surface area contributed by atoms with Gasteiger partial charge < -0.3 is 4.90 Å². The predicted molar refractivity (Wildman–Crippen MR) is 187 cm³/mol. The van der Waals surface area contributed by atoms with E-state index >= 15 is 0 Å². The molecule has 0 atom stereocenters. The van der Waals surface area contributed by atoms with E-state index in [2.05, 4.69) is 175 Å². The molecule has 1 aliphatic rings. The largest absolute Gasteiger partial charge is 0.309 e. The third-order valence-corrected chi connectivity index (χ3v) is 10.5. The Labute approximate surface area is 262 Å². The zero-order valence-corrected chi connectivity index (χ0v) is 25.3. The molecule has 0 amide bonds. The summed E-state index contributed by atoms with van der Waals surface area (Å²) in [7, 11) is 0. The SMILES string of the molecule is c1ccc(CSC(SC(c2ccccc2)c2ccccc2)=C2c3ccccc3N(c3ccccc3)c3ccccc32)cc1. The molecule has 0 saturated heterocycles. The van der Waals surface area contributed by atoms with Crippen molar-refractivity contribution in [2.75, 3.05) is 4.90 Å². The summed E-state index contributed by atoms with van der Waals surface area (Å²) in [6.45, 7) is 0. The van der Waals surface area contributed by atoms with Crippen LogP contribution in [0, 0.1) is 0 Å². The standard InChI is InChI=1S/C40H31NS2/c1-5-17-30(18-6-1)29-42-40(43-39(31-19-7-2-8-20-31)32-21-9-3-10-22-32)38-34-25-13-15-27-36(34)41(33-23-11-4-12-24-33)37-28-16-14-26-35(37)38/h1-28,39H,29H2. The molecular formula is C40H31NS2. The highest BCUT2D eigenvalue weighted by atomic mass is 32.2. The highest BCUT2D eigenvalue weighted by Crippen LogP contribution is 2.55. The molecule has 0 aromatic heterocycles. The summed E-state index contributed by atoms with van der Waals surface area (Å²) >= 11 is 3.92. The Morgan fingerprint density at radius 2 is 0.930 bits per heavy atom. The Hall–Kier alpha value is -4.44. The summed E-state index contributed by atoms with van der Waals surface area (Å²) < 4.78 is 1.33. The van der Waals surface area contributed by atoms with E-state index in [1.807, 2.05) is 23.5 Å². The summed E-state index contributed by atoms with van der Waals surface area (Å²) in [5.74, 6) is 0.899. The van der Waals surface area contributed by atoms with Crippen molar-refractivity contribution in [3.8, 4) is 0 Å². The van der Waals surface area contributed by atoms with E-state index in [4.69, 9.17) is 0 Å². The molecule has 0 bridgehead atoms. The maximum Gasteiger partial charge on any atom is 0.0599 e. The van der Waals surface area contributed by atoms with Gasteiger partial charge in [-0.15, -0.1) is 23.5 Å². The lowest BCUT2D eigenvalue weighted by molar-refractivity contribution is 1.16. The van der Waals surface area contributed by atoms with Crippen molar-refractivity contribution in [1.82, 2.24) is 0 Å². The average molecular weight is 590 g/mol. The molecule has 0 aliphatic carbocycles. The molecule has 0 spiro atoms. The number of hydrogen-bond donors (Lipinski definition) is 0. The van der Waals surface area contributed by atoms with Crippen molar-refractivity contribution in [2.45, 2.75) is 11.0 Å². The number of nitrogens with zero attached hydrogens (tertiary/aromatic N) is 1. The van der Waals surface area contributed by atoms with Crippen LogP contribution < -0.4 is 4.90 Å². The van der Waals surface area contributed by atoms with Gasteiger partial charge in [-0.1, -0.05) is 146 Å². The van der Waals surface area contributed by atoms with Crippen LogP contribution in [0.25, 0.3) is 5.57 Å². The number of para-hydroxylation sites is 3. The minimum Gasteiger partial charge on any atom is -0.309 e. The molecule has 1 nitrogen and oxygen atoms in total. The van der Waals surface area contributed by atoms with Crippen molar-refractivity contribution < 1.29 is 0 Å². The van der Waals surface area contributed by atoms with E-state index in [0.717, 1.165) is 5.75 Å². The molecule has 0 saturated carbocycles. The van der Waals surface area contributed by atoms with E-state index in [1.54, 1.807) is 0 Å². The first kappa shape index (κ1) is 27.4. The van der Waals surface area contributed by atoms with Gasteiger partial charge in [0.05, 0.1) is 16.6 Å². The molecule has 0 fully saturated rings. The first-order chi connectivity index (χ1) is 21.4. The van der Waals surface area contributed by atoms with E-state index in [0.29, 0.717) is 0 Å². The van der Waals surface area contributed by atoms with Crippen LogP contribution in [0.3, 0.4) is 0 Å². The van der Waals surface area contributed by atoms with Crippen LogP contribution >= 0.6 is 23.5 Å². The highest BCUT2D eigenvalue weighted by Gasteiger charge is 2.31. The molecule has 6 aromatic rings. The normalized spacial score (nSPS) is 12.1. The molecule has 0 radical (unpaired) electrons. The lowest BCUT2D eigenvalue weighted by atomic mass is 9.91. The van der Waals surface area contributed by atoms with E-state index in [1.165, 1.54) is 54.7 Å². The summed E-state index contributed by atoms with van der Waals surface area (Å²) in [5.41, 5.74) is 11.3. The molecule has 0 unspecified atom stereocenters. The number of benzene rings is 6. The molecule has 1 aliphatic heterocycles. The molecule has 43 heavy (non-hydrogen) atoms. The Balaban J connectivity index is 1.44. The molecule has 6 aromatic carbocycles. The van der Waals surface area contributed by atoms with Crippen LogP contribution in [0.15, 0.2) is 174 Å². The van der Waals surface area contributed by atoms with Gasteiger partial charge in [-0.3, -0.25) is 0 Å². The maximum atomic E-state index is 2.41. The van der Waals surface area contributed by atoms with Gasteiger partial charge in [0.25, 0.3) is 0 Å². The Morgan fingerprint density at radius 3 is 1.47 bits per heavy atom.